The molecule has 1 aromatic carbocycles. The number of benzene rings is 1. The normalized spacial score (nSPS) is 13.5. The number of hydrogen-bond donors (Lipinski definition) is 1. The van der Waals surface area contributed by atoms with Gasteiger partial charge in [0.2, 0.25) is 0 Å². The molecule has 1 N–H and O–H groups in total. The lowest BCUT2D eigenvalue weighted by molar-refractivity contribution is 0.390. The second-order valence-electron chi connectivity index (χ2n) is 4.29. The van der Waals surface area contributed by atoms with E-state index in [0.717, 1.165) is 31.1 Å². The number of fused-ring (bicyclic) bond motifs is 1. The van der Waals surface area contributed by atoms with Crippen molar-refractivity contribution in [3.8, 4) is 0 Å². The van der Waals surface area contributed by atoms with E-state index in [1.54, 1.807) is 0 Å². The van der Waals surface area contributed by atoms with E-state index in [2.05, 4.69) is 39.6 Å². The minimum Gasteiger partial charge on any atom is -0.382 e. The molecule has 0 spiro atoms. The first-order valence-corrected chi connectivity index (χ1v) is 5.83. The van der Waals surface area contributed by atoms with Crippen molar-refractivity contribution in [2.45, 2.75) is 13.5 Å². The molecule has 2 heterocycles. The molecule has 0 amide bonds. The number of hydrogen-bond acceptors (Lipinski definition) is 4. The molecule has 18 heavy (non-hydrogen) atoms. The van der Waals surface area contributed by atoms with Crippen LogP contribution < -0.4 is 10.2 Å². The molecule has 4 nitrogen and oxygen atoms in total. The van der Waals surface area contributed by atoms with E-state index < -0.39 is 0 Å². The van der Waals surface area contributed by atoms with Crippen LogP contribution >= 0.6 is 12.4 Å². The third-order valence-electron chi connectivity index (χ3n) is 2.97. The highest BCUT2D eigenvalue weighted by Gasteiger charge is 2.16. The summed E-state index contributed by atoms with van der Waals surface area (Å²) < 4.78 is 5.10. The van der Waals surface area contributed by atoms with Gasteiger partial charge in [-0.3, -0.25) is 0 Å². The second-order valence-corrected chi connectivity index (χ2v) is 4.29. The standard InChI is InChI=1S/C13H15N3O.ClH/c1-10-8-11(15-17-10)9-16-7-6-14-12-4-2-3-5-13(12)16;/h2-5,8,14H,6-7,9H2,1H3;1H. The summed E-state index contributed by atoms with van der Waals surface area (Å²) in [6.07, 6.45) is 0. The minimum atomic E-state index is 0. The van der Waals surface area contributed by atoms with Crippen LogP contribution in [-0.2, 0) is 6.54 Å². The first-order valence-electron chi connectivity index (χ1n) is 5.83. The number of anilines is 2. The van der Waals surface area contributed by atoms with Gasteiger partial charge in [-0.1, -0.05) is 17.3 Å². The molecule has 0 saturated heterocycles. The van der Waals surface area contributed by atoms with E-state index in [0.29, 0.717) is 0 Å². The fraction of sp³-hybridized carbons (Fsp3) is 0.308. The van der Waals surface area contributed by atoms with Crippen LogP contribution in [0.4, 0.5) is 11.4 Å². The molecule has 1 aromatic heterocycles. The Morgan fingerprint density at radius 1 is 1.39 bits per heavy atom. The molecule has 1 aliphatic heterocycles. The summed E-state index contributed by atoms with van der Waals surface area (Å²) in [6, 6.07) is 10.3. The van der Waals surface area contributed by atoms with Crippen LogP contribution in [0.1, 0.15) is 11.5 Å². The molecule has 0 atom stereocenters. The fourth-order valence-corrected chi connectivity index (χ4v) is 2.20. The van der Waals surface area contributed by atoms with E-state index in [9.17, 15) is 0 Å². The van der Waals surface area contributed by atoms with Gasteiger partial charge in [0, 0.05) is 19.2 Å². The molecule has 0 unspecified atom stereocenters. The molecule has 0 aliphatic carbocycles. The SMILES string of the molecule is Cc1cc(CN2CCNc3ccccc32)no1.Cl. The van der Waals surface area contributed by atoms with Crippen molar-refractivity contribution >= 4 is 23.8 Å². The summed E-state index contributed by atoms with van der Waals surface area (Å²) in [5.74, 6) is 0.864. The number of aryl methyl sites for hydroxylation is 1. The van der Waals surface area contributed by atoms with Crippen LogP contribution in [0.3, 0.4) is 0 Å². The molecule has 5 heteroatoms. The van der Waals surface area contributed by atoms with E-state index in [-0.39, 0.29) is 12.4 Å². The number of aromatic nitrogens is 1. The number of rotatable bonds is 2. The maximum absolute atomic E-state index is 5.10. The highest BCUT2D eigenvalue weighted by atomic mass is 35.5. The molecule has 96 valence electrons. The monoisotopic (exact) mass is 265 g/mol. The lowest BCUT2D eigenvalue weighted by Gasteiger charge is -2.31. The maximum Gasteiger partial charge on any atom is 0.133 e. The number of para-hydroxylation sites is 2. The lowest BCUT2D eigenvalue weighted by atomic mass is 10.2. The van der Waals surface area contributed by atoms with Crippen LogP contribution in [0, 0.1) is 6.92 Å². The van der Waals surface area contributed by atoms with E-state index >= 15 is 0 Å². The van der Waals surface area contributed by atoms with Gasteiger partial charge in [-0.2, -0.15) is 0 Å². The van der Waals surface area contributed by atoms with Gasteiger partial charge >= 0.3 is 0 Å². The van der Waals surface area contributed by atoms with Crippen molar-refractivity contribution < 1.29 is 4.52 Å². The highest BCUT2D eigenvalue weighted by Crippen LogP contribution is 2.29. The number of halogens is 1. The van der Waals surface area contributed by atoms with Crippen LogP contribution in [0.5, 0.6) is 0 Å². The average Bonchev–Trinajstić information content (AvgIpc) is 2.75. The molecular formula is C13H16ClN3O. The summed E-state index contributed by atoms with van der Waals surface area (Å²) >= 11 is 0. The Labute approximate surface area is 112 Å². The Kier molecular flexibility index (Phi) is 3.77. The largest absolute Gasteiger partial charge is 0.382 e. The van der Waals surface area contributed by atoms with Crippen molar-refractivity contribution in [1.82, 2.24) is 5.16 Å². The van der Waals surface area contributed by atoms with Gasteiger partial charge in [-0.15, -0.1) is 12.4 Å². The van der Waals surface area contributed by atoms with E-state index in [4.69, 9.17) is 4.52 Å². The van der Waals surface area contributed by atoms with Crippen LogP contribution in [0.15, 0.2) is 34.9 Å². The number of nitrogens with zero attached hydrogens (tertiary/aromatic N) is 2. The zero-order chi connectivity index (χ0) is 11.7. The predicted molar refractivity (Wildman–Crippen MR) is 74.5 cm³/mol. The molecule has 0 saturated carbocycles. The van der Waals surface area contributed by atoms with Gasteiger partial charge in [-0.05, 0) is 19.1 Å². The lowest BCUT2D eigenvalue weighted by Crippen LogP contribution is -2.33. The summed E-state index contributed by atoms with van der Waals surface area (Å²) in [6.45, 7) is 4.68. The van der Waals surface area contributed by atoms with Gasteiger partial charge in [0.1, 0.15) is 11.5 Å². The van der Waals surface area contributed by atoms with Crippen LogP contribution in [-0.4, -0.2) is 18.2 Å². The van der Waals surface area contributed by atoms with Crippen molar-refractivity contribution in [2.75, 3.05) is 23.3 Å². The van der Waals surface area contributed by atoms with Gasteiger partial charge in [-0.25, -0.2) is 0 Å². The Morgan fingerprint density at radius 2 is 2.22 bits per heavy atom. The number of nitrogens with one attached hydrogen (secondary N) is 1. The van der Waals surface area contributed by atoms with E-state index in [1.165, 1.54) is 11.4 Å². The first kappa shape index (κ1) is 12.8. The van der Waals surface area contributed by atoms with Crippen LogP contribution in [0.2, 0.25) is 0 Å². The van der Waals surface area contributed by atoms with Crippen molar-refractivity contribution in [3.63, 3.8) is 0 Å². The Bertz CT molecular complexity index is 526. The third kappa shape index (κ3) is 2.43. The fourth-order valence-electron chi connectivity index (χ4n) is 2.20. The second kappa shape index (κ2) is 5.31. The Hall–Kier alpha value is -1.68. The van der Waals surface area contributed by atoms with Gasteiger partial charge < -0.3 is 14.7 Å². The summed E-state index contributed by atoms with van der Waals surface area (Å²) in [4.78, 5) is 2.32. The maximum atomic E-state index is 5.10. The smallest absolute Gasteiger partial charge is 0.133 e. The topological polar surface area (TPSA) is 41.3 Å². The molecular weight excluding hydrogens is 250 g/mol. The van der Waals surface area contributed by atoms with Gasteiger partial charge in [0.15, 0.2) is 0 Å². The zero-order valence-corrected chi connectivity index (χ0v) is 11.0. The zero-order valence-electron chi connectivity index (χ0n) is 10.2. The van der Waals surface area contributed by atoms with Gasteiger partial charge in [0.25, 0.3) is 0 Å². The molecule has 0 radical (unpaired) electrons. The highest BCUT2D eigenvalue weighted by molar-refractivity contribution is 5.85. The van der Waals surface area contributed by atoms with Crippen molar-refractivity contribution in [1.29, 1.82) is 0 Å². The molecule has 2 aromatic rings. The van der Waals surface area contributed by atoms with Gasteiger partial charge in [0.05, 0.1) is 17.9 Å². The summed E-state index contributed by atoms with van der Waals surface area (Å²) in [7, 11) is 0. The summed E-state index contributed by atoms with van der Waals surface area (Å²) in [5, 5.41) is 7.44. The Balaban J connectivity index is 0.00000120. The average molecular weight is 266 g/mol. The minimum absolute atomic E-state index is 0. The van der Waals surface area contributed by atoms with E-state index in [1.807, 2.05) is 13.0 Å². The predicted octanol–water partition coefficient (Wildman–Crippen LogP) is 2.84. The molecule has 1 aliphatic rings. The van der Waals surface area contributed by atoms with Crippen molar-refractivity contribution in [3.05, 3.63) is 41.8 Å². The third-order valence-corrected chi connectivity index (χ3v) is 2.97. The molecule has 0 bridgehead atoms. The summed E-state index contributed by atoms with van der Waals surface area (Å²) in [5.41, 5.74) is 3.41. The Morgan fingerprint density at radius 3 is 3.00 bits per heavy atom. The molecule has 3 rings (SSSR count). The van der Waals surface area contributed by atoms with Crippen molar-refractivity contribution in [2.24, 2.45) is 0 Å². The quantitative estimate of drug-likeness (QED) is 0.907. The first-order chi connectivity index (χ1) is 8.33. The molecule has 0 fully saturated rings. The van der Waals surface area contributed by atoms with Crippen LogP contribution in [0.25, 0.3) is 0 Å².